The molecule has 1 aliphatic heterocycles. The number of ether oxygens (including phenoxy) is 3. The molecule has 0 unspecified atom stereocenters. The zero-order valence-corrected chi connectivity index (χ0v) is 21.1. The maximum Gasteiger partial charge on any atom is 0.363 e. The molecule has 1 aliphatic rings. The molecule has 0 aromatic heterocycles. The second kappa shape index (κ2) is 10.5. The number of benzene rings is 3. The van der Waals surface area contributed by atoms with E-state index >= 15 is 0 Å². The largest absolute Gasteiger partial charge is 0.493 e. The Morgan fingerprint density at radius 1 is 1.14 bits per heavy atom. The quantitative estimate of drug-likeness (QED) is 0.136. The third-order valence-electron chi connectivity index (χ3n) is 4.90. The zero-order valence-electron chi connectivity index (χ0n) is 18.0. The number of non-ortho nitro benzene ring substituents is 1. The van der Waals surface area contributed by atoms with Gasteiger partial charge in [-0.1, -0.05) is 57.3 Å². The van der Waals surface area contributed by atoms with E-state index in [0.29, 0.717) is 17.1 Å². The second-order valence-electron chi connectivity index (χ2n) is 7.17. The molecule has 3 aromatic rings. The number of hydrogen-bond acceptors (Lipinski definition) is 7. The zero-order chi connectivity index (χ0) is 25.1. The number of aliphatic imine (C=N–C) groups is 1. The summed E-state index contributed by atoms with van der Waals surface area (Å²) in [6.07, 6.45) is 1.45. The lowest BCUT2D eigenvalue weighted by Gasteiger charge is -2.14. The van der Waals surface area contributed by atoms with Gasteiger partial charge in [0.25, 0.3) is 5.69 Å². The molecule has 4 rings (SSSR count). The Kier molecular flexibility index (Phi) is 7.39. The van der Waals surface area contributed by atoms with Gasteiger partial charge in [0.1, 0.15) is 6.61 Å². The summed E-state index contributed by atoms with van der Waals surface area (Å²) >= 11 is 16.1. The van der Waals surface area contributed by atoms with Gasteiger partial charge in [-0.05, 0) is 35.9 Å². The fraction of sp³-hybridized carbons (Fsp3) is 0.0833. The summed E-state index contributed by atoms with van der Waals surface area (Å²) in [6.45, 7) is 0.252. The minimum atomic E-state index is -0.744. The molecule has 1 heterocycles. The standard InChI is InChI=1S/C24H15BrCl2N2O6/c1-33-21-10-13(8-19(27)22(21)34-12-14-4-2-3-5-17(14)25)9-20-24(30)35-23(28-20)16-11-15(29(31)32)6-7-18(16)26/h2-11H,12H2,1H3/b20-9-. The van der Waals surface area contributed by atoms with Crippen LogP contribution >= 0.6 is 39.1 Å². The van der Waals surface area contributed by atoms with Crippen molar-refractivity contribution in [3.63, 3.8) is 0 Å². The van der Waals surface area contributed by atoms with Crippen molar-refractivity contribution in [2.45, 2.75) is 6.61 Å². The van der Waals surface area contributed by atoms with Crippen LogP contribution in [0.2, 0.25) is 10.0 Å². The summed E-state index contributed by atoms with van der Waals surface area (Å²) in [5, 5.41) is 11.5. The summed E-state index contributed by atoms with van der Waals surface area (Å²) < 4.78 is 17.4. The van der Waals surface area contributed by atoms with Crippen LogP contribution in [0.1, 0.15) is 16.7 Å². The second-order valence-corrected chi connectivity index (χ2v) is 8.84. The lowest BCUT2D eigenvalue weighted by molar-refractivity contribution is -0.384. The van der Waals surface area contributed by atoms with Crippen LogP contribution < -0.4 is 9.47 Å². The predicted molar refractivity (Wildman–Crippen MR) is 135 cm³/mol. The Balaban J connectivity index is 1.63. The Hall–Kier alpha value is -3.40. The summed E-state index contributed by atoms with van der Waals surface area (Å²) in [4.78, 5) is 27.1. The Labute approximate surface area is 218 Å². The molecular formula is C24H15BrCl2N2O6. The van der Waals surface area contributed by atoms with Crippen molar-refractivity contribution in [3.8, 4) is 11.5 Å². The molecule has 0 saturated carbocycles. The predicted octanol–water partition coefficient (Wildman–Crippen LogP) is 6.60. The third kappa shape index (κ3) is 5.48. The number of rotatable bonds is 7. The minimum absolute atomic E-state index is 0.0393. The lowest BCUT2D eigenvalue weighted by atomic mass is 10.1. The molecule has 0 spiro atoms. The monoisotopic (exact) mass is 576 g/mol. The van der Waals surface area contributed by atoms with E-state index in [1.807, 2.05) is 24.3 Å². The van der Waals surface area contributed by atoms with E-state index in [1.165, 1.54) is 31.4 Å². The van der Waals surface area contributed by atoms with Gasteiger partial charge in [-0.3, -0.25) is 10.1 Å². The number of nitrogens with zero attached hydrogens (tertiary/aromatic N) is 2. The summed E-state index contributed by atoms with van der Waals surface area (Å²) in [5.74, 6) is -0.185. The number of carbonyl (C=O) groups is 1. The number of nitro benzene ring substituents is 1. The highest BCUT2D eigenvalue weighted by atomic mass is 79.9. The van der Waals surface area contributed by atoms with E-state index in [1.54, 1.807) is 12.1 Å². The normalized spacial score (nSPS) is 14.0. The van der Waals surface area contributed by atoms with Crippen LogP contribution in [0.15, 0.2) is 69.8 Å². The van der Waals surface area contributed by atoms with Crippen LogP contribution in [-0.2, 0) is 16.1 Å². The van der Waals surface area contributed by atoms with Crippen molar-refractivity contribution >= 4 is 62.8 Å². The SMILES string of the molecule is COc1cc(/C=C2\N=C(c3cc([N+](=O)[O-])ccc3Cl)OC2=O)cc(Cl)c1OCc1ccccc1Br. The molecule has 0 N–H and O–H groups in total. The number of cyclic esters (lactones) is 1. The lowest BCUT2D eigenvalue weighted by Crippen LogP contribution is -2.06. The molecule has 178 valence electrons. The number of hydrogen-bond donors (Lipinski definition) is 0. The Morgan fingerprint density at radius 3 is 2.63 bits per heavy atom. The van der Waals surface area contributed by atoms with Crippen LogP contribution in [-0.4, -0.2) is 23.9 Å². The van der Waals surface area contributed by atoms with E-state index in [0.717, 1.165) is 10.0 Å². The fourth-order valence-corrected chi connectivity index (χ4v) is 4.07. The van der Waals surface area contributed by atoms with Crippen molar-refractivity contribution in [3.05, 3.63) is 102 Å². The minimum Gasteiger partial charge on any atom is -0.493 e. The van der Waals surface area contributed by atoms with Crippen LogP contribution in [0.25, 0.3) is 6.08 Å². The maximum absolute atomic E-state index is 12.4. The van der Waals surface area contributed by atoms with E-state index in [-0.39, 0.29) is 39.5 Å². The van der Waals surface area contributed by atoms with Crippen molar-refractivity contribution in [1.29, 1.82) is 0 Å². The average Bonchev–Trinajstić information content (AvgIpc) is 3.18. The molecule has 0 radical (unpaired) electrons. The highest BCUT2D eigenvalue weighted by molar-refractivity contribution is 9.10. The highest BCUT2D eigenvalue weighted by Gasteiger charge is 2.27. The third-order valence-corrected chi connectivity index (χ3v) is 6.28. The van der Waals surface area contributed by atoms with Crippen LogP contribution in [0, 0.1) is 10.1 Å². The van der Waals surface area contributed by atoms with Gasteiger partial charge in [0.15, 0.2) is 17.2 Å². The molecule has 0 fully saturated rings. The average molecular weight is 578 g/mol. The molecule has 8 nitrogen and oxygen atoms in total. The molecule has 0 atom stereocenters. The molecule has 0 bridgehead atoms. The number of carbonyl (C=O) groups excluding carboxylic acids is 1. The fourth-order valence-electron chi connectivity index (χ4n) is 3.20. The molecule has 35 heavy (non-hydrogen) atoms. The van der Waals surface area contributed by atoms with Gasteiger partial charge in [0.05, 0.1) is 27.6 Å². The van der Waals surface area contributed by atoms with Gasteiger partial charge in [0, 0.05) is 22.2 Å². The molecule has 0 saturated heterocycles. The summed E-state index contributed by atoms with van der Waals surface area (Å²) in [5.41, 5.74) is 1.30. The maximum atomic E-state index is 12.4. The van der Waals surface area contributed by atoms with Gasteiger partial charge < -0.3 is 14.2 Å². The van der Waals surface area contributed by atoms with Gasteiger partial charge in [-0.15, -0.1) is 0 Å². The van der Waals surface area contributed by atoms with Crippen LogP contribution in [0.5, 0.6) is 11.5 Å². The highest BCUT2D eigenvalue weighted by Crippen LogP contribution is 2.38. The smallest absolute Gasteiger partial charge is 0.363 e. The van der Waals surface area contributed by atoms with Gasteiger partial charge >= 0.3 is 5.97 Å². The van der Waals surface area contributed by atoms with Crippen molar-refractivity contribution < 1.29 is 23.9 Å². The van der Waals surface area contributed by atoms with Gasteiger partial charge in [-0.2, -0.15) is 0 Å². The summed E-state index contributed by atoms with van der Waals surface area (Å²) in [7, 11) is 1.47. The number of nitro groups is 1. The first-order valence-corrected chi connectivity index (χ1v) is 11.5. The summed E-state index contributed by atoms with van der Waals surface area (Å²) in [6, 6.07) is 14.6. The Morgan fingerprint density at radius 2 is 1.91 bits per heavy atom. The van der Waals surface area contributed by atoms with Crippen LogP contribution in [0.3, 0.4) is 0 Å². The molecule has 0 aliphatic carbocycles. The van der Waals surface area contributed by atoms with E-state index in [9.17, 15) is 14.9 Å². The Bertz CT molecular complexity index is 1410. The molecular weight excluding hydrogens is 563 g/mol. The number of esters is 1. The molecule has 0 amide bonds. The van der Waals surface area contributed by atoms with Crippen molar-refractivity contribution in [2.75, 3.05) is 7.11 Å². The van der Waals surface area contributed by atoms with Crippen LogP contribution in [0.4, 0.5) is 5.69 Å². The molecule has 3 aromatic carbocycles. The van der Waals surface area contributed by atoms with Crippen molar-refractivity contribution in [1.82, 2.24) is 0 Å². The number of halogens is 3. The van der Waals surface area contributed by atoms with E-state index < -0.39 is 10.9 Å². The van der Waals surface area contributed by atoms with Gasteiger partial charge in [-0.25, -0.2) is 9.79 Å². The first-order valence-electron chi connectivity index (χ1n) is 9.97. The molecule has 11 heteroatoms. The van der Waals surface area contributed by atoms with E-state index in [2.05, 4.69) is 20.9 Å². The number of methoxy groups -OCH3 is 1. The van der Waals surface area contributed by atoms with Crippen molar-refractivity contribution in [2.24, 2.45) is 4.99 Å². The topological polar surface area (TPSA) is 100 Å². The first-order chi connectivity index (χ1) is 16.8. The van der Waals surface area contributed by atoms with Gasteiger partial charge in [0.2, 0.25) is 5.90 Å². The first kappa shape index (κ1) is 24.7. The van der Waals surface area contributed by atoms with E-state index in [4.69, 9.17) is 37.4 Å².